The molecule has 22 heavy (non-hydrogen) atoms. The standard InChI is InChI=1S/C14H17N3O4S/c1-3-4-5-6-12(18)15-14-16-13-10(21-2)7-9(17(19)20)8-11(13)22-14/h7-8H,3-6H2,1-2H3,(H,15,16,18). The molecule has 0 fully saturated rings. The van der Waals surface area contributed by atoms with Gasteiger partial charge in [0.05, 0.1) is 22.8 Å². The minimum absolute atomic E-state index is 0.0613. The van der Waals surface area contributed by atoms with E-state index in [2.05, 4.69) is 17.2 Å². The molecule has 0 aliphatic carbocycles. The predicted octanol–water partition coefficient (Wildman–Crippen LogP) is 3.73. The number of nitro benzene ring substituents is 1. The zero-order valence-corrected chi connectivity index (χ0v) is 13.2. The molecular formula is C14H17N3O4S. The minimum atomic E-state index is -0.481. The number of nitro groups is 1. The molecular weight excluding hydrogens is 306 g/mol. The van der Waals surface area contributed by atoms with Crippen LogP contribution in [0, 0.1) is 10.1 Å². The summed E-state index contributed by atoms with van der Waals surface area (Å²) in [6.07, 6.45) is 3.34. The molecule has 1 aromatic heterocycles. The Labute approximate surface area is 131 Å². The van der Waals surface area contributed by atoms with E-state index in [1.807, 2.05) is 0 Å². The van der Waals surface area contributed by atoms with E-state index < -0.39 is 4.92 Å². The minimum Gasteiger partial charge on any atom is -0.494 e. The third kappa shape index (κ3) is 3.70. The number of non-ortho nitro benzene ring substituents is 1. The summed E-state index contributed by atoms with van der Waals surface area (Å²) in [5.74, 6) is 0.230. The molecule has 7 nitrogen and oxygen atoms in total. The van der Waals surface area contributed by atoms with Crippen LogP contribution in [0.15, 0.2) is 12.1 Å². The molecule has 0 unspecified atom stereocenters. The summed E-state index contributed by atoms with van der Waals surface area (Å²) >= 11 is 1.20. The molecule has 0 atom stereocenters. The summed E-state index contributed by atoms with van der Waals surface area (Å²) in [5.41, 5.74) is 0.454. The second-order valence-corrected chi connectivity index (χ2v) is 5.81. The first-order chi connectivity index (χ1) is 10.5. The van der Waals surface area contributed by atoms with Crippen molar-refractivity contribution in [2.45, 2.75) is 32.6 Å². The van der Waals surface area contributed by atoms with E-state index in [1.165, 1.54) is 30.6 Å². The highest BCUT2D eigenvalue weighted by molar-refractivity contribution is 7.22. The van der Waals surface area contributed by atoms with Crippen molar-refractivity contribution in [3.05, 3.63) is 22.2 Å². The zero-order chi connectivity index (χ0) is 16.1. The molecule has 2 aromatic rings. The Morgan fingerprint density at radius 1 is 1.45 bits per heavy atom. The van der Waals surface area contributed by atoms with E-state index >= 15 is 0 Å². The van der Waals surface area contributed by atoms with E-state index in [1.54, 1.807) is 0 Å². The summed E-state index contributed by atoms with van der Waals surface area (Å²) < 4.78 is 5.75. The van der Waals surface area contributed by atoms with Gasteiger partial charge in [-0.1, -0.05) is 31.1 Å². The van der Waals surface area contributed by atoms with Crippen molar-refractivity contribution in [3.8, 4) is 5.75 Å². The lowest BCUT2D eigenvalue weighted by Gasteiger charge is -2.00. The van der Waals surface area contributed by atoms with Gasteiger partial charge >= 0.3 is 0 Å². The number of amides is 1. The Bertz CT molecular complexity index is 699. The van der Waals surface area contributed by atoms with Gasteiger partial charge in [-0.15, -0.1) is 0 Å². The number of nitrogens with one attached hydrogen (secondary N) is 1. The predicted molar refractivity (Wildman–Crippen MR) is 85.6 cm³/mol. The monoisotopic (exact) mass is 323 g/mol. The fourth-order valence-corrected chi connectivity index (χ4v) is 2.95. The Kier molecular flexibility index (Phi) is 5.26. The van der Waals surface area contributed by atoms with Crippen molar-refractivity contribution in [2.75, 3.05) is 12.4 Å². The summed E-state index contributed by atoms with van der Waals surface area (Å²) in [6, 6.07) is 2.76. The summed E-state index contributed by atoms with van der Waals surface area (Å²) in [6.45, 7) is 2.07. The first-order valence-electron chi connectivity index (χ1n) is 6.98. The van der Waals surface area contributed by atoms with Crippen LogP contribution in [0.5, 0.6) is 5.75 Å². The number of aromatic nitrogens is 1. The van der Waals surface area contributed by atoms with Crippen LogP contribution in [0.25, 0.3) is 10.2 Å². The lowest BCUT2D eigenvalue weighted by molar-refractivity contribution is -0.384. The van der Waals surface area contributed by atoms with Crippen molar-refractivity contribution in [1.29, 1.82) is 0 Å². The molecule has 0 radical (unpaired) electrons. The first-order valence-corrected chi connectivity index (χ1v) is 7.79. The largest absolute Gasteiger partial charge is 0.494 e. The molecule has 0 saturated heterocycles. The van der Waals surface area contributed by atoms with E-state index in [0.29, 0.717) is 27.5 Å². The third-order valence-corrected chi connectivity index (χ3v) is 4.05. The molecule has 1 heterocycles. The lowest BCUT2D eigenvalue weighted by Crippen LogP contribution is -2.10. The molecule has 0 saturated carbocycles. The highest BCUT2D eigenvalue weighted by Crippen LogP contribution is 2.36. The fourth-order valence-electron chi connectivity index (χ4n) is 2.02. The summed E-state index contributed by atoms with van der Waals surface area (Å²) in [4.78, 5) is 26.5. The van der Waals surface area contributed by atoms with Crippen LogP contribution in [0.1, 0.15) is 32.6 Å². The van der Waals surface area contributed by atoms with Crippen LogP contribution in [0.4, 0.5) is 10.8 Å². The zero-order valence-electron chi connectivity index (χ0n) is 12.4. The van der Waals surface area contributed by atoms with E-state index in [4.69, 9.17) is 4.74 Å². The van der Waals surface area contributed by atoms with Crippen molar-refractivity contribution >= 4 is 38.3 Å². The number of hydrogen-bond donors (Lipinski definition) is 1. The van der Waals surface area contributed by atoms with Gasteiger partial charge in [-0.05, 0) is 6.42 Å². The molecule has 1 amide bonds. The van der Waals surface area contributed by atoms with Gasteiger partial charge in [0.25, 0.3) is 5.69 Å². The van der Waals surface area contributed by atoms with Gasteiger partial charge < -0.3 is 10.1 Å². The normalized spacial score (nSPS) is 10.6. The second-order valence-electron chi connectivity index (χ2n) is 4.78. The maximum atomic E-state index is 11.8. The van der Waals surface area contributed by atoms with E-state index in [0.717, 1.165) is 19.3 Å². The topological polar surface area (TPSA) is 94.4 Å². The SMILES string of the molecule is CCCCCC(=O)Nc1nc2c(OC)cc([N+](=O)[O-])cc2s1. The Morgan fingerprint density at radius 3 is 2.86 bits per heavy atom. The average molecular weight is 323 g/mol. The third-order valence-electron chi connectivity index (χ3n) is 3.13. The number of thiazole rings is 1. The van der Waals surface area contributed by atoms with E-state index in [-0.39, 0.29) is 11.6 Å². The van der Waals surface area contributed by atoms with Crippen molar-refractivity contribution in [2.24, 2.45) is 0 Å². The van der Waals surface area contributed by atoms with E-state index in [9.17, 15) is 14.9 Å². The van der Waals surface area contributed by atoms with Gasteiger partial charge in [-0.3, -0.25) is 14.9 Å². The van der Waals surface area contributed by atoms with Crippen molar-refractivity contribution < 1.29 is 14.5 Å². The molecule has 0 aliphatic heterocycles. The average Bonchev–Trinajstić information content (AvgIpc) is 2.88. The number of anilines is 1. The number of ether oxygens (including phenoxy) is 1. The van der Waals surface area contributed by atoms with Gasteiger partial charge in [-0.2, -0.15) is 0 Å². The highest BCUT2D eigenvalue weighted by Gasteiger charge is 2.17. The molecule has 1 aromatic carbocycles. The van der Waals surface area contributed by atoms with Crippen LogP contribution >= 0.6 is 11.3 Å². The molecule has 0 bridgehead atoms. The smallest absolute Gasteiger partial charge is 0.274 e. The number of carbonyl (C=O) groups is 1. The maximum Gasteiger partial charge on any atom is 0.274 e. The van der Waals surface area contributed by atoms with Crippen LogP contribution in [-0.4, -0.2) is 22.9 Å². The summed E-state index contributed by atoms with van der Waals surface area (Å²) in [5, 5.41) is 14.1. The van der Waals surface area contributed by atoms with Gasteiger partial charge in [0.2, 0.25) is 5.91 Å². The van der Waals surface area contributed by atoms with Crippen molar-refractivity contribution in [3.63, 3.8) is 0 Å². The first kappa shape index (κ1) is 16.2. The second kappa shape index (κ2) is 7.17. The van der Waals surface area contributed by atoms with Gasteiger partial charge in [0.15, 0.2) is 10.9 Å². The number of nitrogens with zero attached hydrogens (tertiary/aromatic N) is 2. The quantitative estimate of drug-likeness (QED) is 0.476. The molecule has 118 valence electrons. The number of carbonyl (C=O) groups excluding carboxylic acids is 1. The molecule has 1 N–H and O–H groups in total. The number of unbranched alkanes of at least 4 members (excludes halogenated alkanes) is 2. The fraction of sp³-hybridized carbons (Fsp3) is 0.429. The Balaban J connectivity index is 2.22. The lowest BCUT2D eigenvalue weighted by atomic mass is 10.2. The van der Waals surface area contributed by atoms with Crippen molar-refractivity contribution in [1.82, 2.24) is 4.98 Å². The molecule has 0 aliphatic rings. The van der Waals surface area contributed by atoms with Crippen LogP contribution in [0.3, 0.4) is 0 Å². The number of hydrogen-bond acceptors (Lipinski definition) is 6. The van der Waals surface area contributed by atoms with Crippen LogP contribution in [-0.2, 0) is 4.79 Å². The molecule has 8 heteroatoms. The number of fused-ring (bicyclic) bond motifs is 1. The summed E-state index contributed by atoms with van der Waals surface area (Å²) in [7, 11) is 1.43. The van der Waals surface area contributed by atoms with Crippen LogP contribution in [0.2, 0.25) is 0 Å². The molecule has 0 spiro atoms. The Morgan fingerprint density at radius 2 is 2.23 bits per heavy atom. The number of benzene rings is 1. The van der Waals surface area contributed by atoms with Gasteiger partial charge in [-0.25, -0.2) is 4.98 Å². The van der Waals surface area contributed by atoms with Crippen LogP contribution < -0.4 is 10.1 Å². The Hall–Kier alpha value is -2.22. The van der Waals surface area contributed by atoms with Gasteiger partial charge in [0, 0.05) is 12.5 Å². The highest BCUT2D eigenvalue weighted by atomic mass is 32.1. The number of rotatable bonds is 7. The maximum absolute atomic E-state index is 11.8. The molecule has 2 rings (SSSR count). The van der Waals surface area contributed by atoms with Gasteiger partial charge in [0.1, 0.15) is 5.52 Å². The number of methoxy groups -OCH3 is 1.